The summed E-state index contributed by atoms with van der Waals surface area (Å²) < 4.78 is 5.08. The normalized spacial score (nSPS) is 10.5. The molecule has 144 valence electrons. The third kappa shape index (κ3) is 4.97. The molecule has 0 unspecified atom stereocenters. The second-order valence-electron chi connectivity index (χ2n) is 6.17. The van der Waals surface area contributed by atoms with E-state index in [1.807, 2.05) is 31.2 Å². The van der Waals surface area contributed by atoms with Crippen LogP contribution in [0, 0.1) is 6.92 Å². The van der Waals surface area contributed by atoms with Gasteiger partial charge in [-0.1, -0.05) is 48.9 Å². The summed E-state index contributed by atoms with van der Waals surface area (Å²) in [6.45, 7) is 3.54. The average molecular weight is 415 g/mol. The van der Waals surface area contributed by atoms with Crippen LogP contribution in [-0.2, 0) is 16.0 Å². The van der Waals surface area contributed by atoms with Crippen LogP contribution in [0.4, 0.5) is 5.69 Å². The van der Waals surface area contributed by atoms with Crippen molar-refractivity contribution in [3.8, 4) is 10.6 Å². The quantitative estimate of drug-likeness (QED) is 0.568. The van der Waals surface area contributed by atoms with Gasteiger partial charge in [-0.15, -0.1) is 11.3 Å². The van der Waals surface area contributed by atoms with Gasteiger partial charge in [0.2, 0.25) is 0 Å². The van der Waals surface area contributed by atoms with Gasteiger partial charge < -0.3 is 10.1 Å². The maximum Gasteiger partial charge on any atom is 0.358 e. The van der Waals surface area contributed by atoms with E-state index in [2.05, 4.69) is 17.2 Å². The molecule has 0 fully saturated rings. The van der Waals surface area contributed by atoms with E-state index in [-0.39, 0.29) is 5.69 Å². The molecule has 28 heavy (non-hydrogen) atoms. The number of halogens is 1. The zero-order valence-electron chi connectivity index (χ0n) is 15.5. The third-order valence-electron chi connectivity index (χ3n) is 4.13. The Morgan fingerprint density at radius 1 is 1.18 bits per heavy atom. The van der Waals surface area contributed by atoms with Gasteiger partial charge in [0.05, 0.1) is 0 Å². The first-order valence-corrected chi connectivity index (χ1v) is 10.00. The summed E-state index contributed by atoms with van der Waals surface area (Å²) in [5.74, 6) is -1.07. The number of hydrogen-bond donors (Lipinski definition) is 1. The van der Waals surface area contributed by atoms with E-state index >= 15 is 0 Å². The van der Waals surface area contributed by atoms with Gasteiger partial charge in [0, 0.05) is 21.7 Å². The number of amides is 1. The number of thiazole rings is 1. The van der Waals surface area contributed by atoms with E-state index in [1.165, 1.54) is 16.9 Å². The minimum atomic E-state index is -0.634. The first kappa shape index (κ1) is 20.0. The fraction of sp³-hybridized carbons (Fsp3) is 0.190. The summed E-state index contributed by atoms with van der Waals surface area (Å²) in [7, 11) is 0. The Balaban J connectivity index is 1.58. The number of hydrogen-bond acceptors (Lipinski definition) is 5. The molecule has 0 aliphatic carbocycles. The Kier molecular flexibility index (Phi) is 6.44. The zero-order chi connectivity index (χ0) is 20.1. The number of esters is 1. The van der Waals surface area contributed by atoms with Crippen LogP contribution in [0.25, 0.3) is 10.6 Å². The summed E-state index contributed by atoms with van der Waals surface area (Å²) in [5, 5.41) is 5.55. The van der Waals surface area contributed by atoms with E-state index in [0.29, 0.717) is 10.7 Å². The molecule has 1 heterocycles. The van der Waals surface area contributed by atoms with Crippen LogP contribution in [0.3, 0.4) is 0 Å². The molecule has 3 aromatic rings. The fourth-order valence-corrected chi connectivity index (χ4v) is 3.47. The molecular formula is C21H19ClN2O3S. The zero-order valence-corrected chi connectivity index (χ0v) is 17.1. The van der Waals surface area contributed by atoms with Crippen molar-refractivity contribution >= 4 is 40.5 Å². The largest absolute Gasteiger partial charge is 0.451 e. The Morgan fingerprint density at radius 2 is 1.93 bits per heavy atom. The number of ether oxygens (including phenoxy) is 1. The number of nitrogens with one attached hydrogen (secondary N) is 1. The van der Waals surface area contributed by atoms with Gasteiger partial charge in [0.15, 0.2) is 12.3 Å². The van der Waals surface area contributed by atoms with Gasteiger partial charge in [-0.2, -0.15) is 0 Å². The van der Waals surface area contributed by atoms with Crippen LogP contribution >= 0.6 is 22.9 Å². The number of rotatable bonds is 6. The number of anilines is 1. The van der Waals surface area contributed by atoms with E-state index < -0.39 is 18.5 Å². The highest BCUT2D eigenvalue weighted by atomic mass is 35.5. The minimum absolute atomic E-state index is 0.186. The van der Waals surface area contributed by atoms with Crippen LogP contribution in [0.2, 0.25) is 5.02 Å². The third-order valence-corrected chi connectivity index (χ3v) is 5.26. The van der Waals surface area contributed by atoms with Crippen LogP contribution in [0.5, 0.6) is 0 Å². The molecule has 1 N–H and O–H groups in total. The Labute approximate surface area is 172 Å². The highest BCUT2D eigenvalue weighted by Crippen LogP contribution is 2.24. The summed E-state index contributed by atoms with van der Waals surface area (Å²) in [6, 6.07) is 13.2. The number of aryl methyl sites for hydroxylation is 2. The molecule has 0 aliphatic rings. The number of carbonyl (C=O) groups is 2. The van der Waals surface area contributed by atoms with Crippen molar-refractivity contribution in [1.29, 1.82) is 0 Å². The van der Waals surface area contributed by atoms with Crippen molar-refractivity contribution in [3.63, 3.8) is 0 Å². The Morgan fingerprint density at radius 3 is 2.64 bits per heavy atom. The molecule has 5 nitrogen and oxygen atoms in total. The average Bonchev–Trinajstić information content (AvgIpc) is 3.19. The van der Waals surface area contributed by atoms with Gasteiger partial charge in [0.1, 0.15) is 5.01 Å². The second kappa shape index (κ2) is 8.99. The monoisotopic (exact) mass is 414 g/mol. The molecule has 0 saturated carbocycles. The SMILES string of the molecule is CCc1ccc(-c2nc(C(=O)OCC(=O)Nc3cc(Cl)ccc3C)cs2)cc1. The maximum atomic E-state index is 12.2. The van der Waals surface area contributed by atoms with Crippen molar-refractivity contribution in [2.24, 2.45) is 0 Å². The first-order chi connectivity index (χ1) is 13.5. The van der Waals surface area contributed by atoms with Gasteiger partial charge >= 0.3 is 5.97 Å². The maximum absolute atomic E-state index is 12.2. The van der Waals surface area contributed by atoms with E-state index in [9.17, 15) is 9.59 Å². The molecule has 0 radical (unpaired) electrons. The molecule has 0 bridgehead atoms. The van der Waals surface area contributed by atoms with E-state index in [0.717, 1.165) is 22.6 Å². The molecule has 0 atom stereocenters. The summed E-state index contributed by atoms with van der Waals surface area (Å²) >= 11 is 7.29. The van der Waals surface area contributed by atoms with Gasteiger partial charge in [-0.25, -0.2) is 9.78 Å². The standard InChI is InChI=1S/C21H19ClN2O3S/c1-3-14-5-7-15(8-6-14)20-24-18(12-28-20)21(26)27-11-19(25)23-17-10-16(22)9-4-13(17)2/h4-10,12H,3,11H2,1-2H3,(H,23,25). The Hall–Kier alpha value is -2.70. The molecule has 0 aliphatic heterocycles. The predicted molar refractivity (Wildman–Crippen MR) is 112 cm³/mol. The van der Waals surface area contributed by atoms with Gasteiger partial charge in [0.25, 0.3) is 5.91 Å². The molecule has 3 rings (SSSR count). The molecule has 7 heteroatoms. The van der Waals surface area contributed by atoms with Crippen LogP contribution in [0.15, 0.2) is 47.8 Å². The molecule has 0 saturated heterocycles. The molecule has 1 aromatic heterocycles. The molecule has 2 aromatic carbocycles. The van der Waals surface area contributed by atoms with Crippen molar-refractivity contribution in [2.45, 2.75) is 20.3 Å². The lowest BCUT2D eigenvalue weighted by Crippen LogP contribution is -2.21. The van der Waals surface area contributed by atoms with E-state index in [4.69, 9.17) is 16.3 Å². The minimum Gasteiger partial charge on any atom is -0.451 e. The van der Waals surface area contributed by atoms with Crippen molar-refractivity contribution in [2.75, 3.05) is 11.9 Å². The lowest BCUT2D eigenvalue weighted by molar-refractivity contribution is -0.119. The number of nitrogens with zero attached hydrogens (tertiary/aromatic N) is 1. The Bertz CT molecular complexity index is 999. The van der Waals surface area contributed by atoms with Crippen molar-refractivity contribution in [3.05, 3.63) is 69.7 Å². The van der Waals surface area contributed by atoms with Crippen molar-refractivity contribution < 1.29 is 14.3 Å². The molecular weight excluding hydrogens is 396 g/mol. The van der Waals surface area contributed by atoms with Crippen molar-refractivity contribution in [1.82, 2.24) is 4.98 Å². The van der Waals surface area contributed by atoms with Crippen LogP contribution in [0.1, 0.15) is 28.5 Å². The first-order valence-electron chi connectivity index (χ1n) is 8.74. The smallest absolute Gasteiger partial charge is 0.358 e. The summed E-state index contributed by atoms with van der Waals surface area (Å²) in [6.07, 6.45) is 0.965. The summed E-state index contributed by atoms with van der Waals surface area (Å²) in [4.78, 5) is 28.6. The fourth-order valence-electron chi connectivity index (χ4n) is 2.50. The van der Waals surface area contributed by atoms with E-state index in [1.54, 1.807) is 23.6 Å². The predicted octanol–water partition coefficient (Wildman–Crippen LogP) is 5.13. The van der Waals surface area contributed by atoms with Crippen LogP contribution < -0.4 is 5.32 Å². The highest BCUT2D eigenvalue weighted by molar-refractivity contribution is 7.13. The van der Waals surface area contributed by atoms with Gasteiger partial charge in [-0.3, -0.25) is 4.79 Å². The number of aromatic nitrogens is 1. The highest BCUT2D eigenvalue weighted by Gasteiger charge is 2.15. The number of carbonyl (C=O) groups excluding carboxylic acids is 2. The van der Waals surface area contributed by atoms with Gasteiger partial charge in [-0.05, 0) is 36.6 Å². The number of benzene rings is 2. The van der Waals surface area contributed by atoms with Crippen LogP contribution in [-0.4, -0.2) is 23.5 Å². The lowest BCUT2D eigenvalue weighted by Gasteiger charge is -2.09. The molecule has 1 amide bonds. The topological polar surface area (TPSA) is 68.3 Å². The summed E-state index contributed by atoms with van der Waals surface area (Å²) in [5.41, 5.74) is 3.81. The molecule has 0 spiro atoms. The second-order valence-corrected chi connectivity index (χ2v) is 7.47. The lowest BCUT2D eigenvalue weighted by atomic mass is 10.1.